The molecule has 0 saturated heterocycles. The highest BCUT2D eigenvalue weighted by Gasteiger charge is 2.29. The Morgan fingerprint density at radius 2 is 1.73 bits per heavy atom. The number of nitrogens with zero attached hydrogens (tertiary/aromatic N) is 2. The van der Waals surface area contributed by atoms with Gasteiger partial charge in [-0.15, -0.1) is 0 Å². The molecule has 0 amide bonds. The second-order valence-electron chi connectivity index (χ2n) is 4.78. The van der Waals surface area contributed by atoms with Crippen molar-refractivity contribution in [1.29, 1.82) is 0 Å². The Morgan fingerprint density at radius 1 is 1.23 bits per heavy atom. The third-order valence-electron chi connectivity index (χ3n) is 2.62. The maximum atomic E-state index is 11.8. The van der Waals surface area contributed by atoms with Gasteiger partial charge < -0.3 is 10.1 Å². The second-order valence-corrected chi connectivity index (χ2v) is 4.78. The van der Waals surface area contributed by atoms with E-state index in [1.165, 1.54) is 0 Å². The van der Waals surface area contributed by atoms with Crippen LogP contribution in [0.25, 0.3) is 0 Å². The molecule has 1 N–H and O–H groups in total. The quantitative estimate of drug-likeness (QED) is 0.466. The molecule has 1 aromatic rings. The minimum Gasteiger partial charge on any atom is -0.459 e. The predicted octanol–water partition coefficient (Wildman–Crippen LogP) is 2.89. The van der Waals surface area contributed by atoms with Crippen molar-refractivity contribution in [1.82, 2.24) is 0 Å². The Hall–Kier alpha value is -2.71. The number of carbonyl (C=O) groups is 1. The van der Waals surface area contributed by atoms with Crippen molar-refractivity contribution >= 4 is 23.0 Å². The van der Waals surface area contributed by atoms with Crippen LogP contribution in [0.3, 0.4) is 0 Å². The molecule has 0 aliphatic carbocycles. The number of nitrogens with one attached hydrogen (secondary N) is 1. The van der Waals surface area contributed by atoms with Crippen LogP contribution in [-0.4, -0.2) is 28.5 Å². The first-order chi connectivity index (χ1) is 10.3. The predicted molar refractivity (Wildman–Crippen MR) is 79.1 cm³/mol. The number of hydrogen-bond acceptors (Lipinski definition) is 7. The van der Waals surface area contributed by atoms with Gasteiger partial charge in [0.05, 0.1) is 21.5 Å². The first-order valence-corrected chi connectivity index (χ1v) is 6.69. The van der Waals surface area contributed by atoms with E-state index in [0.717, 1.165) is 12.1 Å². The molecule has 0 fully saturated rings. The van der Waals surface area contributed by atoms with Crippen molar-refractivity contribution in [2.45, 2.75) is 33.3 Å². The van der Waals surface area contributed by atoms with E-state index in [1.807, 2.05) is 6.92 Å². The van der Waals surface area contributed by atoms with E-state index in [2.05, 4.69) is 5.32 Å². The van der Waals surface area contributed by atoms with Crippen LogP contribution in [0.15, 0.2) is 12.1 Å². The summed E-state index contributed by atoms with van der Waals surface area (Å²) in [6, 6.07) is 1.96. The highest BCUT2D eigenvalue weighted by Crippen LogP contribution is 2.36. The summed E-state index contributed by atoms with van der Waals surface area (Å²) >= 11 is 0. The first-order valence-electron chi connectivity index (χ1n) is 6.69. The smallest absolute Gasteiger partial charge is 0.338 e. The number of hydrogen-bond donors (Lipinski definition) is 1. The molecule has 0 spiro atoms. The number of nitro benzene ring substituents is 2. The average molecular weight is 311 g/mol. The standard InChI is InChI=1S/C13H17N3O6/c1-4-5-14-12-10(15(18)19)6-9(7-11(12)16(20)21)13(17)22-8(2)3/h6-8,14H,4-5H2,1-3H3. The Balaban J connectivity index is 3.43. The molecule has 0 aliphatic heterocycles. The minimum atomic E-state index is -0.844. The summed E-state index contributed by atoms with van der Waals surface area (Å²) in [4.78, 5) is 32.6. The summed E-state index contributed by atoms with van der Waals surface area (Å²) in [5.41, 5.74) is -1.50. The second kappa shape index (κ2) is 7.34. The lowest BCUT2D eigenvalue weighted by molar-refractivity contribution is -0.392. The molecular weight excluding hydrogens is 294 g/mol. The largest absolute Gasteiger partial charge is 0.459 e. The maximum absolute atomic E-state index is 11.8. The number of anilines is 1. The summed E-state index contributed by atoms with van der Waals surface area (Å²) in [6.45, 7) is 5.37. The zero-order valence-corrected chi connectivity index (χ0v) is 12.5. The molecule has 0 atom stereocenters. The molecule has 1 aromatic carbocycles. The number of nitro groups is 2. The fourth-order valence-electron chi connectivity index (χ4n) is 1.73. The number of rotatable bonds is 7. The Morgan fingerprint density at radius 3 is 2.09 bits per heavy atom. The monoisotopic (exact) mass is 311 g/mol. The van der Waals surface area contributed by atoms with Gasteiger partial charge in [0.25, 0.3) is 11.4 Å². The van der Waals surface area contributed by atoms with Crippen molar-refractivity contribution in [3.8, 4) is 0 Å². The van der Waals surface area contributed by atoms with Gasteiger partial charge in [0.15, 0.2) is 5.69 Å². The molecule has 120 valence electrons. The molecule has 0 aromatic heterocycles. The van der Waals surface area contributed by atoms with Gasteiger partial charge in [-0.25, -0.2) is 4.79 Å². The van der Waals surface area contributed by atoms with Gasteiger partial charge in [-0.2, -0.15) is 0 Å². The van der Waals surface area contributed by atoms with E-state index < -0.39 is 33.3 Å². The molecular formula is C13H17N3O6. The summed E-state index contributed by atoms with van der Waals surface area (Å²) in [6.07, 6.45) is 0.189. The van der Waals surface area contributed by atoms with Crippen LogP contribution in [0.1, 0.15) is 37.6 Å². The van der Waals surface area contributed by atoms with Gasteiger partial charge in [-0.1, -0.05) is 6.92 Å². The third kappa shape index (κ3) is 4.14. The normalized spacial score (nSPS) is 10.4. The molecule has 9 nitrogen and oxygen atoms in total. The van der Waals surface area contributed by atoms with E-state index in [4.69, 9.17) is 4.74 Å². The van der Waals surface area contributed by atoms with Gasteiger partial charge in [-0.3, -0.25) is 20.2 Å². The van der Waals surface area contributed by atoms with E-state index in [0.29, 0.717) is 13.0 Å². The average Bonchev–Trinajstić information content (AvgIpc) is 2.43. The van der Waals surface area contributed by atoms with Crippen molar-refractivity contribution in [2.75, 3.05) is 11.9 Å². The van der Waals surface area contributed by atoms with Crippen molar-refractivity contribution in [2.24, 2.45) is 0 Å². The molecule has 22 heavy (non-hydrogen) atoms. The summed E-state index contributed by atoms with van der Waals surface area (Å²) in [5.74, 6) is -0.844. The van der Waals surface area contributed by atoms with Crippen molar-refractivity contribution in [3.05, 3.63) is 37.9 Å². The van der Waals surface area contributed by atoms with Crippen LogP contribution >= 0.6 is 0 Å². The molecule has 1 rings (SSSR count). The highest BCUT2D eigenvalue weighted by molar-refractivity contribution is 5.93. The van der Waals surface area contributed by atoms with Gasteiger partial charge in [0.2, 0.25) is 0 Å². The molecule has 0 aliphatic rings. The van der Waals surface area contributed by atoms with E-state index in [9.17, 15) is 25.0 Å². The third-order valence-corrected chi connectivity index (χ3v) is 2.62. The van der Waals surface area contributed by atoms with Crippen LogP contribution in [-0.2, 0) is 4.74 Å². The summed E-state index contributed by atoms with van der Waals surface area (Å²) < 4.78 is 4.92. The fraction of sp³-hybridized carbons (Fsp3) is 0.462. The van der Waals surface area contributed by atoms with Crippen LogP contribution in [0.5, 0.6) is 0 Å². The zero-order chi connectivity index (χ0) is 16.9. The van der Waals surface area contributed by atoms with Crippen molar-refractivity contribution < 1.29 is 19.4 Å². The van der Waals surface area contributed by atoms with E-state index >= 15 is 0 Å². The molecule has 0 unspecified atom stereocenters. The number of carbonyl (C=O) groups excluding carboxylic acids is 1. The van der Waals surface area contributed by atoms with Crippen molar-refractivity contribution in [3.63, 3.8) is 0 Å². The molecule has 9 heteroatoms. The maximum Gasteiger partial charge on any atom is 0.338 e. The number of benzene rings is 1. The molecule has 0 saturated carbocycles. The molecule has 0 heterocycles. The molecule has 0 bridgehead atoms. The minimum absolute atomic E-state index is 0.210. The SMILES string of the molecule is CCCNc1c([N+](=O)[O-])cc(C(=O)OC(C)C)cc1[N+](=O)[O-]. The fourth-order valence-corrected chi connectivity index (χ4v) is 1.73. The van der Waals surface area contributed by atoms with Gasteiger partial charge in [0.1, 0.15) is 0 Å². The number of ether oxygens (including phenoxy) is 1. The van der Waals surface area contributed by atoms with Gasteiger partial charge in [0, 0.05) is 18.7 Å². The van der Waals surface area contributed by atoms with Crippen LogP contribution in [0.2, 0.25) is 0 Å². The lowest BCUT2D eigenvalue weighted by atomic mass is 10.1. The lowest BCUT2D eigenvalue weighted by Gasteiger charge is -2.10. The van der Waals surface area contributed by atoms with Gasteiger partial charge >= 0.3 is 5.97 Å². The summed E-state index contributed by atoms with van der Waals surface area (Å²) in [7, 11) is 0. The van der Waals surface area contributed by atoms with Crippen LogP contribution in [0, 0.1) is 20.2 Å². The topological polar surface area (TPSA) is 125 Å². The van der Waals surface area contributed by atoms with E-state index in [-0.39, 0.29) is 11.3 Å². The van der Waals surface area contributed by atoms with E-state index in [1.54, 1.807) is 13.8 Å². The Labute approximate surface area is 126 Å². The van der Waals surface area contributed by atoms with Crippen LogP contribution < -0.4 is 5.32 Å². The first kappa shape index (κ1) is 17.3. The lowest BCUT2D eigenvalue weighted by Crippen LogP contribution is -2.13. The zero-order valence-electron chi connectivity index (χ0n) is 12.5. The number of esters is 1. The molecule has 0 radical (unpaired) electrons. The summed E-state index contributed by atoms with van der Waals surface area (Å²) in [5, 5.41) is 25.0. The Kier molecular flexibility index (Phi) is 5.79. The Bertz CT molecular complexity index is 564. The van der Waals surface area contributed by atoms with Crippen LogP contribution in [0.4, 0.5) is 17.1 Å². The van der Waals surface area contributed by atoms with Gasteiger partial charge in [-0.05, 0) is 20.3 Å². The highest BCUT2D eigenvalue weighted by atomic mass is 16.6.